The predicted octanol–water partition coefficient (Wildman–Crippen LogP) is 0.211. The molecule has 0 radical (unpaired) electrons. The Bertz CT molecular complexity index is 301. The van der Waals surface area contributed by atoms with E-state index in [1.165, 1.54) is 6.42 Å². The molecule has 0 aliphatic carbocycles. The van der Waals surface area contributed by atoms with Crippen LogP contribution in [0.5, 0.6) is 0 Å². The molecular weight excluding hydrogens is 230 g/mol. The molecule has 0 aromatic carbocycles. The molecule has 18 heavy (non-hydrogen) atoms. The molecule has 0 aromatic rings. The molecule has 2 aliphatic rings. The zero-order valence-corrected chi connectivity index (χ0v) is 11.0. The molecule has 5 heteroatoms. The van der Waals surface area contributed by atoms with Crippen LogP contribution in [0.1, 0.15) is 32.1 Å². The molecule has 0 spiro atoms. The summed E-state index contributed by atoms with van der Waals surface area (Å²) in [7, 11) is 0. The maximum Gasteiger partial charge on any atom is 0.242 e. The summed E-state index contributed by atoms with van der Waals surface area (Å²) in [6.45, 7) is 4.27. The third kappa shape index (κ3) is 3.70. The highest BCUT2D eigenvalue weighted by molar-refractivity contribution is 5.85. The second-order valence-corrected chi connectivity index (χ2v) is 5.11. The number of nitrogens with zero attached hydrogens (tertiary/aromatic N) is 2. The zero-order chi connectivity index (χ0) is 12.8. The molecule has 2 saturated heterocycles. The van der Waals surface area contributed by atoms with Crippen LogP contribution in [0.2, 0.25) is 0 Å². The SMILES string of the molecule is O=C(CN1CCCCCCC1=O)N1CCNCC1. The summed E-state index contributed by atoms with van der Waals surface area (Å²) < 4.78 is 0. The molecule has 0 unspecified atom stereocenters. The molecule has 1 N–H and O–H groups in total. The molecule has 0 saturated carbocycles. The van der Waals surface area contributed by atoms with Crippen LogP contribution in [0, 0.1) is 0 Å². The van der Waals surface area contributed by atoms with E-state index in [0.29, 0.717) is 6.42 Å². The topological polar surface area (TPSA) is 52.7 Å². The number of hydrogen-bond donors (Lipinski definition) is 1. The highest BCUT2D eigenvalue weighted by Crippen LogP contribution is 2.12. The van der Waals surface area contributed by atoms with Gasteiger partial charge in [0.25, 0.3) is 0 Å². The van der Waals surface area contributed by atoms with E-state index < -0.39 is 0 Å². The van der Waals surface area contributed by atoms with Crippen LogP contribution in [0.4, 0.5) is 0 Å². The molecule has 2 heterocycles. The largest absolute Gasteiger partial charge is 0.339 e. The first-order valence-corrected chi connectivity index (χ1v) is 7.03. The first kappa shape index (κ1) is 13.3. The fourth-order valence-corrected chi connectivity index (χ4v) is 2.56. The van der Waals surface area contributed by atoms with Gasteiger partial charge in [0, 0.05) is 39.1 Å². The van der Waals surface area contributed by atoms with Crippen molar-refractivity contribution in [2.75, 3.05) is 39.3 Å². The van der Waals surface area contributed by atoms with E-state index in [1.807, 2.05) is 4.90 Å². The van der Waals surface area contributed by atoms with E-state index >= 15 is 0 Å². The Balaban J connectivity index is 1.85. The van der Waals surface area contributed by atoms with Crippen molar-refractivity contribution >= 4 is 11.8 Å². The second-order valence-electron chi connectivity index (χ2n) is 5.11. The molecule has 2 rings (SSSR count). The summed E-state index contributed by atoms with van der Waals surface area (Å²) in [5.74, 6) is 0.253. The van der Waals surface area contributed by atoms with E-state index in [4.69, 9.17) is 0 Å². The second kappa shape index (κ2) is 6.73. The summed E-state index contributed by atoms with van der Waals surface area (Å²) in [6.07, 6.45) is 4.92. The van der Waals surface area contributed by atoms with Gasteiger partial charge in [-0.25, -0.2) is 0 Å². The van der Waals surface area contributed by atoms with Gasteiger partial charge >= 0.3 is 0 Å². The normalized spacial score (nSPS) is 22.6. The van der Waals surface area contributed by atoms with E-state index in [0.717, 1.165) is 52.0 Å². The molecule has 0 atom stereocenters. The lowest BCUT2D eigenvalue weighted by Crippen LogP contribution is -2.50. The van der Waals surface area contributed by atoms with Crippen molar-refractivity contribution in [2.24, 2.45) is 0 Å². The quantitative estimate of drug-likeness (QED) is 0.765. The van der Waals surface area contributed by atoms with Gasteiger partial charge in [-0.2, -0.15) is 0 Å². The van der Waals surface area contributed by atoms with E-state index in [-0.39, 0.29) is 18.4 Å². The number of likely N-dealkylation sites (tertiary alicyclic amines) is 1. The molecule has 2 aliphatic heterocycles. The van der Waals surface area contributed by atoms with Crippen LogP contribution >= 0.6 is 0 Å². The van der Waals surface area contributed by atoms with Gasteiger partial charge in [0.2, 0.25) is 11.8 Å². The van der Waals surface area contributed by atoms with Gasteiger partial charge in [-0.15, -0.1) is 0 Å². The van der Waals surface area contributed by atoms with Crippen LogP contribution in [0.25, 0.3) is 0 Å². The minimum Gasteiger partial charge on any atom is -0.339 e. The van der Waals surface area contributed by atoms with Crippen LogP contribution in [-0.2, 0) is 9.59 Å². The monoisotopic (exact) mass is 253 g/mol. The van der Waals surface area contributed by atoms with E-state index in [1.54, 1.807) is 4.90 Å². The number of nitrogens with one attached hydrogen (secondary N) is 1. The Labute approximate surface area is 108 Å². The van der Waals surface area contributed by atoms with Gasteiger partial charge in [-0.05, 0) is 12.8 Å². The Hall–Kier alpha value is -1.10. The minimum absolute atomic E-state index is 0.102. The van der Waals surface area contributed by atoms with Crippen molar-refractivity contribution in [3.63, 3.8) is 0 Å². The van der Waals surface area contributed by atoms with Crippen LogP contribution in [0.3, 0.4) is 0 Å². The average molecular weight is 253 g/mol. The first-order chi connectivity index (χ1) is 8.77. The summed E-state index contributed by atoms with van der Waals surface area (Å²) in [4.78, 5) is 27.7. The van der Waals surface area contributed by atoms with Crippen molar-refractivity contribution in [1.82, 2.24) is 15.1 Å². The highest BCUT2D eigenvalue weighted by Gasteiger charge is 2.22. The Morgan fingerprint density at radius 3 is 2.56 bits per heavy atom. The Morgan fingerprint density at radius 1 is 1.06 bits per heavy atom. The van der Waals surface area contributed by atoms with Crippen LogP contribution < -0.4 is 5.32 Å². The summed E-state index contributed by atoms with van der Waals surface area (Å²) in [5, 5.41) is 3.23. The molecule has 2 fully saturated rings. The number of rotatable bonds is 2. The van der Waals surface area contributed by atoms with Crippen molar-refractivity contribution in [3.05, 3.63) is 0 Å². The van der Waals surface area contributed by atoms with Crippen molar-refractivity contribution in [2.45, 2.75) is 32.1 Å². The summed E-state index contributed by atoms with van der Waals surface area (Å²) in [6, 6.07) is 0. The van der Waals surface area contributed by atoms with Gasteiger partial charge in [-0.1, -0.05) is 12.8 Å². The summed E-state index contributed by atoms with van der Waals surface area (Å²) >= 11 is 0. The van der Waals surface area contributed by atoms with Crippen LogP contribution in [0.15, 0.2) is 0 Å². The third-order valence-electron chi connectivity index (χ3n) is 3.72. The van der Waals surface area contributed by atoms with Gasteiger partial charge < -0.3 is 15.1 Å². The van der Waals surface area contributed by atoms with E-state index in [9.17, 15) is 9.59 Å². The van der Waals surface area contributed by atoms with Gasteiger partial charge in [0.1, 0.15) is 0 Å². The fourth-order valence-electron chi connectivity index (χ4n) is 2.56. The molecule has 5 nitrogen and oxygen atoms in total. The minimum atomic E-state index is 0.102. The van der Waals surface area contributed by atoms with E-state index in [2.05, 4.69) is 5.32 Å². The first-order valence-electron chi connectivity index (χ1n) is 7.03. The molecular formula is C13H23N3O2. The lowest BCUT2D eigenvalue weighted by Gasteiger charge is -2.31. The predicted molar refractivity (Wildman–Crippen MR) is 69.1 cm³/mol. The standard InChI is InChI=1S/C13H23N3O2/c17-12-5-3-1-2-4-8-16(12)11-13(18)15-9-6-14-7-10-15/h14H,1-11H2. The van der Waals surface area contributed by atoms with Gasteiger partial charge in [-0.3, -0.25) is 9.59 Å². The molecule has 0 aromatic heterocycles. The van der Waals surface area contributed by atoms with Crippen molar-refractivity contribution in [3.8, 4) is 0 Å². The number of carbonyl (C=O) groups is 2. The van der Waals surface area contributed by atoms with Gasteiger partial charge in [0.05, 0.1) is 6.54 Å². The maximum atomic E-state index is 12.1. The number of hydrogen-bond acceptors (Lipinski definition) is 3. The maximum absolute atomic E-state index is 12.1. The smallest absolute Gasteiger partial charge is 0.242 e. The van der Waals surface area contributed by atoms with Crippen molar-refractivity contribution < 1.29 is 9.59 Å². The third-order valence-corrected chi connectivity index (χ3v) is 3.72. The summed E-state index contributed by atoms with van der Waals surface area (Å²) in [5.41, 5.74) is 0. The molecule has 0 bridgehead atoms. The Morgan fingerprint density at radius 2 is 1.78 bits per heavy atom. The Kier molecular flexibility index (Phi) is 4.99. The average Bonchev–Trinajstić information content (AvgIpc) is 2.39. The highest BCUT2D eigenvalue weighted by atomic mass is 16.2. The number of amides is 2. The number of carbonyl (C=O) groups excluding carboxylic acids is 2. The molecule has 2 amide bonds. The lowest BCUT2D eigenvalue weighted by molar-refractivity contribution is -0.141. The lowest BCUT2D eigenvalue weighted by atomic mass is 10.1. The fraction of sp³-hybridized carbons (Fsp3) is 0.846. The zero-order valence-electron chi connectivity index (χ0n) is 11.0. The van der Waals surface area contributed by atoms with Crippen LogP contribution in [-0.4, -0.2) is 60.9 Å². The molecule has 102 valence electrons. The van der Waals surface area contributed by atoms with Crippen molar-refractivity contribution in [1.29, 1.82) is 0 Å². The number of piperazine rings is 1. The van der Waals surface area contributed by atoms with Gasteiger partial charge in [0.15, 0.2) is 0 Å².